The van der Waals surface area contributed by atoms with E-state index < -0.39 is 35.4 Å². The van der Waals surface area contributed by atoms with Crippen LogP contribution in [0.1, 0.15) is 37.8 Å². The zero-order chi connectivity index (χ0) is 31.7. The second-order valence-corrected chi connectivity index (χ2v) is 10.7. The van der Waals surface area contributed by atoms with Crippen LogP contribution in [0.4, 0.5) is 24.8 Å². The number of nitrogens with one attached hydrogen (secondary N) is 1. The van der Waals surface area contributed by atoms with Gasteiger partial charge in [-0.25, -0.2) is 27.3 Å². The number of hydrogen-bond acceptors (Lipinski definition) is 7. The fourth-order valence-electron chi connectivity index (χ4n) is 4.78. The van der Waals surface area contributed by atoms with Crippen LogP contribution in [0.3, 0.4) is 0 Å². The molecule has 2 aromatic carbocycles. The maximum absolute atomic E-state index is 14.9. The number of aromatic nitrogens is 6. The third-order valence-electron chi connectivity index (χ3n) is 6.74. The molecule has 0 fully saturated rings. The summed E-state index contributed by atoms with van der Waals surface area (Å²) < 4.78 is 51.7. The molecule has 0 unspecified atom stereocenters. The first-order chi connectivity index (χ1) is 21.0. The van der Waals surface area contributed by atoms with Crippen LogP contribution in [-0.2, 0) is 20.0 Å². The molecular formula is C29H26Cl2F3N7O3. The molecule has 0 aliphatic heterocycles. The van der Waals surface area contributed by atoms with Crippen molar-refractivity contribution in [2.45, 2.75) is 39.7 Å². The van der Waals surface area contributed by atoms with Gasteiger partial charge in [0.05, 0.1) is 35.6 Å². The Morgan fingerprint density at radius 2 is 1.73 bits per heavy atom. The number of halogens is 5. The molecule has 0 atom stereocenters. The molecule has 0 bridgehead atoms. The average molecular weight is 648 g/mol. The molecule has 0 radical (unpaired) electrons. The van der Waals surface area contributed by atoms with Gasteiger partial charge >= 0.3 is 11.4 Å². The molecule has 5 aromatic rings. The van der Waals surface area contributed by atoms with Crippen molar-refractivity contribution in [2.24, 2.45) is 7.05 Å². The number of pyridine rings is 1. The second kappa shape index (κ2) is 12.7. The Morgan fingerprint density at radius 3 is 2.45 bits per heavy atom. The van der Waals surface area contributed by atoms with E-state index in [0.717, 1.165) is 15.5 Å². The summed E-state index contributed by atoms with van der Waals surface area (Å²) in [6.45, 7) is 3.38. The van der Waals surface area contributed by atoms with Crippen LogP contribution in [0.15, 0.2) is 46.4 Å². The number of aryl methyl sites for hydroxylation is 2. The summed E-state index contributed by atoms with van der Waals surface area (Å²) in [4.78, 5) is 35.7. The Labute approximate surface area is 258 Å². The first kappa shape index (κ1) is 31.1. The van der Waals surface area contributed by atoms with Crippen LogP contribution in [0, 0.1) is 17.5 Å². The van der Waals surface area contributed by atoms with Crippen LogP contribution in [-0.4, -0.2) is 35.5 Å². The van der Waals surface area contributed by atoms with E-state index in [0.29, 0.717) is 47.2 Å². The minimum atomic E-state index is -1.40. The summed E-state index contributed by atoms with van der Waals surface area (Å²) >= 11 is 13.0. The van der Waals surface area contributed by atoms with Gasteiger partial charge in [-0.05, 0) is 30.5 Å². The highest BCUT2D eigenvalue weighted by Crippen LogP contribution is 2.36. The highest BCUT2D eigenvalue weighted by atomic mass is 35.5. The number of nitrogens with zero attached hydrogens (tertiary/aromatic N) is 6. The zero-order valence-corrected chi connectivity index (χ0v) is 25.3. The molecule has 44 heavy (non-hydrogen) atoms. The molecule has 3 aromatic heterocycles. The summed E-state index contributed by atoms with van der Waals surface area (Å²) in [6.07, 6.45) is 6.13. The number of hydrogen-bond donors (Lipinski definition) is 1. The van der Waals surface area contributed by atoms with E-state index in [4.69, 9.17) is 27.9 Å². The SMILES string of the molecule is CCCOc1c(Cl)cncc1-n1c(=O)nc(Nc2c(Cl)cc3nn(C)cc3c2CCC)n(Cc2cc(F)c(F)cc2F)c1=O. The van der Waals surface area contributed by atoms with E-state index >= 15 is 0 Å². The summed E-state index contributed by atoms with van der Waals surface area (Å²) in [5.74, 6) is -4.16. The highest BCUT2D eigenvalue weighted by Gasteiger charge is 2.23. The Balaban J connectivity index is 1.76. The van der Waals surface area contributed by atoms with Crippen LogP contribution >= 0.6 is 23.2 Å². The third-order valence-corrected chi connectivity index (χ3v) is 7.30. The lowest BCUT2D eigenvalue weighted by Gasteiger charge is -2.19. The van der Waals surface area contributed by atoms with Crippen molar-refractivity contribution in [3.63, 3.8) is 0 Å². The molecule has 0 saturated carbocycles. The van der Waals surface area contributed by atoms with Gasteiger partial charge in [-0.3, -0.25) is 14.2 Å². The van der Waals surface area contributed by atoms with Gasteiger partial charge in [0.15, 0.2) is 17.4 Å². The molecule has 230 valence electrons. The zero-order valence-electron chi connectivity index (χ0n) is 23.8. The largest absolute Gasteiger partial charge is 0.490 e. The Bertz CT molecular complexity index is 2010. The molecule has 0 spiro atoms. The monoisotopic (exact) mass is 647 g/mol. The molecule has 3 heterocycles. The molecule has 0 saturated heterocycles. The van der Waals surface area contributed by atoms with E-state index in [1.165, 1.54) is 12.4 Å². The van der Waals surface area contributed by atoms with Gasteiger partial charge in [0.25, 0.3) is 0 Å². The van der Waals surface area contributed by atoms with Gasteiger partial charge in [0, 0.05) is 36.5 Å². The topological polar surface area (TPSA) is 109 Å². The Hall–Kier alpha value is -4.36. The summed E-state index contributed by atoms with van der Waals surface area (Å²) in [5.41, 5.74) is -0.839. The van der Waals surface area contributed by atoms with Crippen LogP contribution < -0.4 is 21.4 Å². The first-order valence-corrected chi connectivity index (χ1v) is 14.3. The van der Waals surface area contributed by atoms with Gasteiger partial charge in [-0.2, -0.15) is 10.1 Å². The number of benzene rings is 2. The van der Waals surface area contributed by atoms with Crippen molar-refractivity contribution in [3.05, 3.63) is 96.4 Å². The van der Waals surface area contributed by atoms with Crippen molar-refractivity contribution < 1.29 is 17.9 Å². The van der Waals surface area contributed by atoms with Crippen molar-refractivity contribution in [1.29, 1.82) is 0 Å². The van der Waals surface area contributed by atoms with Crippen LogP contribution in [0.25, 0.3) is 16.6 Å². The lowest BCUT2D eigenvalue weighted by Crippen LogP contribution is -2.42. The summed E-state index contributed by atoms with van der Waals surface area (Å²) in [7, 11) is 1.76. The van der Waals surface area contributed by atoms with Gasteiger partial charge < -0.3 is 10.1 Å². The summed E-state index contributed by atoms with van der Waals surface area (Å²) in [5, 5.41) is 8.43. The molecule has 0 aliphatic carbocycles. The maximum atomic E-state index is 14.9. The second-order valence-electron chi connectivity index (χ2n) is 9.92. The number of fused-ring (bicyclic) bond motifs is 1. The molecular weight excluding hydrogens is 622 g/mol. The molecule has 5 rings (SSSR count). The first-order valence-electron chi connectivity index (χ1n) is 13.6. The lowest BCUT2D eigenvalue weighted by molar-refractivity contribution is 0.315. The normalized spacial score (nSPS) is 11.4. The summed E-state index contributed by atoms with van der Waals surface area (Å²) in [6, 6.07) is 2.62. The van der Waals surface area contributed by atoms with E-state index in [1.807, 2.05) is 13.8 Å². The molecule has 10 nitrogen and oxygen atoms in total. The van der Waals surface area contributed by atoms with Gasteiger partial charge in [0.1, 0.15) is 16.5 Å². The predicted octanol–water partition coefficient (Wildman–Crippen LogP) is 5.93. The smallest absolute Gasteiger partial charge is 0.359 e. The van der Waals surface area contributed by atoms with Crippen LogP contribution in [0.5, 0.6) is 5.75 Å². The lowest BCUT2D eigenvalue weighted by atomic mass is 10.0. The van der Waals surface area contributed by atoms with Crippen molar-refractivity contribution in [3.8, 4) is 11.4 Å². The van der Waals surface area contributed by atoms with E-state index in [1.54, 1.807) is 24.0 Å². The molecule has 0 aliphatic rings. The number of ether oxygens (including phenoxy) is 1. The average Bonchev–Trinajstić information content (AvgIpc) is 3.34. The van der Waals surface area contributed by atoms with E-state index in [9.17, 15) is 22.8 Å². The Morgan fingerprint density at radius 1 is 0.977 bits per heavy atom. The highest BCUT2D eigenvalue weighted by molar-refractivity contribution is 6.34. The van der Waals surface area contributed by atoms with Gasteiger partial charge in [-0.15, -0.1) is 0 Å². The maximum Gasteiger partial charge on any atom is 0.359 e. The van der Waals surface area contributed by atoms with Gasteiger partial charge in [-0.1, -0.05) is 43.5 Å². The molecule has 1 N–H and O–H groups in total. The van der Waals surface area contributed by atoms with Crippen molar-refractivity contribution >= 4 is 45.7 Å². The van der Waals surface area contributed by atoms with Crippen molar-refractivity contribution in [1.82, 2.24) is 28.9 Å². The quantitative estimate of drug-likeness (QED) is 0.187. The van der Waals surface area contributed by atoms with E-state index in [2.05, 4.69) is 20.4 Å². The number of rotatable bonds is 10. The minimum Gasteiger partial charge on any atom is -0.490 e. The molecule has 15 heteroatoms. The fraction of sp³-hybridized carbons (Fsp3) is 0.276. The van der Waals surface area contributed by atoms with E-state index in [-0.39, 0.29) is 39.6 Å². The minimum absolute atomic E-state index is 0.00564. The van der Waals surface area contributed by atoms with Crippen LogP contribution in [0.2, 0.25) is 10.0 Å². The third kappa shape index (κ3) is 5.89. The molecule has 0 amide bonds. The van der Waals surface area contributed by atoms with Crippen molar-refractivity contribution in [2.75, 3.05) is 11.9 Å². The predicted molar refractivity (Wildman–Crippen MR) is 161 cm³/mol. The fourth-order valence-corrected chi connectivity index (χ4v) is 5.26. The number of anilines is 2. The Kier molecular flexibility index (Phi) is 8.97. The van der Waals surface area contributed by atoms with Gasteiger partial charge in [0.2, 0.25) is 5.95 Å². The standard InChI is InChI=1S/C29H26Cl2F3N7O3/c1-4-6-16-17-14-39(3)38-23(17)9-18(30)25(16)36-27-37-28(42)41(24-12-35-11-19(31)26(24)44-7-5-2)29(43)40(27)13-15-8-21(33)22(34)10-20(15)32/h8-12,14H,4-7,13H2,1-3H3,(H,36,37,42).